The first-order valence-electron chi connectivity index (χ1n) is 11.2. The van der Waals surface area contributed by atoms with Gasteiger partial charge in [0.1, 0.15) is 4.83 Å². The van der Waals surface area contributed by atoms with Crippen LogP contribution < -0.4 is 5.56 Å². The van der Waals surface area contributed by atoms with Crippen LogP contribution in [-0.4, -0.2) is 19.7 Å². The van der Waals surface area contributed by atoms with Gasteiger partial charge in [-0.05, 0) is 42.0 Å². The third kappa shape index (κ3) is 4.07. The summed E-state index contributed by atoms with van der Waals surface area (Å²) >= 11 is 1.40. The van der Waals surface area contributed by atoms with Crippen LogP contribution in [0, 0.1) is 13.8 Å². The molecular formula is C27H26N4O2S. The van der Waals surface area contributed by atoms with E-state index in [4.69, 9.17) is 4.52 Å². The third-order valence-electron chi connectivity index (χ3n) is 5.99. The number of hydrogen-bond acceptors (Lipinski definition) is 6. The molecule has 0 unspecified atom stereocenters. The monoisotopic (exact) mass is 470 g/mol. The predicted octanol–water partition coefficient (Wildman–Crippen LogP) is 6.14. The molecule has 0 aliphatic heterocycles. The first-order valence-corrected chi connectivity index (χ1v) is 12.0. The summed E-state index contributed by atoms with van der Waals surface area (Å²) in [5.74, 6) is 0.931. The molecule has 3 heterocycles. The average molecular weight is 471 g/mol. The van der Waals surface area contributed by atoms with Gasteiger partial charge >= 0.3 is 0 Å². The van der Waals surface area contributed by atoms with E-state index in [0.717, 1.165) is 27.1 Å². The lowest BCUT2D eigenvalue weighted by atomic mass is 9.87. The van der Waals surface area contributed by atoms with E-state index in [9.17, 15) is 4.79 Å². The maximum atomic E-state index is 13.4. The fraction of sp³-hybridized carbons (Fsp3) is 0.259. The molecule has 0 aliphatic rings. The van der Waals surface area contributed by atoms with Crippen LogP contribution in [0.3, 0.4) is 0 Å². The van der Waals surface area contributed by atoms with Crippen LogP contribution in [-0.2, 0) is 12.0 Å². The molecule has 5 aromatic rings. The van der Waals surface area contributed by atoms with Gasteiger partial charge < -0.3 is 4.52 Å². The van der Waals surface area contributed by atoms with E-state index in [1.807, 2.05) is 38.1 Å². The molecule has 0 saturated heterocycles. The van der Waals surface area contributed by atoms with Crippen LogP contribution in [0.2, 0.25) is 0 Å². The van der Waals surface area contributed by atoms with Gasteiger partial charge in [-0.2, -0.15) is 4.98 Å². The highest BCUT2D eigenvalue weighted by molar-refractivity contribution is 7.22. The lowest BCUT2D eigenvalue weighted by Gasteiger charge is -2.19. The van der Waals surface area contributed by atoms with Crippen molar-refractivity contribution in [3.63, 3.8) is 0 Å². The van der Waals surface area contributed by atoms with Gasteiger partial charge in [-0.3, -0.25) is 9.36 Å². The Morgan fingerprint density at radius 3 is 2.53 bits per heavy atom. The molecule has 2 aromatic carbocycles. The van der Waals surface area contributed by atoms with Crippen LogP contribution in [0.5, 0.6) is 0 Å². The van der Waals surface area contributed by atoms with E-state index in [-0.39, 0.29) is 11.0 Å². The second kappa shape index (κ2) is 8.33. The predicted molar refractivity (Wildman–Crippen MR) is 136 cm³/mol. The number of aromatic nitrogens is 4. The highest BCUT2D eigenvalue weighted by atomic mass is 32.1. The second-order valence-corrected chi connectivity index (χ2v) is 10.7. The van der Waals surface area contributed by atoms with Crippen molar-refractivity contribution in [1.29, 1.82) is 0 Å². The largest absolute Gasteiger partial charge is 0.333 e. The fourth-order valence-corrected chi connectivity index (χ4v) is 5.06. The summed E-state index contributed by atoms with van der Waals surface area (Å²) in [6, 6.07) is 16.4. The van der Waals surface area contributed by atoms with Crippen molar-refractivity contribution in [3.8, 4) is 22.2 Å². The number of hydrogen-bond donors (Lipinski definition) is 0. The normalized spacial score (nSPS) is 11.9. The maximum Gasteiger partial charge on any atom is 0.268 e. The highest BCUT2D eigenvalue weighted by Crippen LogP contribution is 2.35. The van der Waals surface area contributed by atoms with Gasteiger partial charge in [0.15, 0.2) is 0 Å². The minimum absolute atomic E-state index is 0.0664. The highest BCUT2D eigenvalue weighted by Gasteiger charge is 2.21. The van der Waals surface area contributed by atoms with Crippen molar-refractivity contribution in [2.24, 2.45) is 0 Å². The lowest BCUT2D eigenvalue weighted by molar-refractivity contribution is 0.433. The quantitative estimate of drug-likeness (QED) is 0.315. The molecule has 0 aliphatic carbocycles. The van der Waals surface area contributed by atoms with Crippen molar-refractivity contribution in [1.82, 2.24) is 19.7 Å². The van der Waals surface area contributed by atoms with Crippen LogP contribution in [0.4, 0.5) is 0 Å². The average Bonchev–Trinajstić information content (AvgIpc) is 3.41. The Bertz CT molecular complexity index is 1550. The fourth-order valence-electron chi connectivity index (χ4n) is 4.00. The number of fused-ring (bicyclic) bond motifs is 1. The number of nitrogens with zero attached hydrogens (tertiary/aromatic N) is 4. The van der Waals surface area contributed by atoms with E-state index in [1.54, 1.807) is 10.9 Å². The first kappa shape index (κ1) is 22.2. The number of benzene rings is 2. The molecule has 172 valence electrons. The maximum absolute atomic E-state index is 13.4. The van der Waals surface area contributed by atoms with Gasteiger partial charge in [-0.25, -0.2) is 4.98 Å². The Kier molecular flexibility index (Phi) is 5.44. The Morgan fingerprint density at radius 1 is 1.06 bits per heavy atom. The molecule has 0 fully saturated rings. The molecule has 3 aromatic heterocycles. The van der Waals surface area contributed by atoms with Crippen molar-refractivity contribution in [3.05, 3.63) is 87.5 Å². The summed E-state index contributed by atoms with van der Waals surface area (Å²) in [5.41, 5.74) is 5.18. The van der Waals surface area contributed by atoms with Crippen molar-refractivity contribution in [2.75, 3.05) is 0 Å². The SMILES string of the molecule is Cc1cccc(-c2noc(-c3sc4ncn(Cc5ccc(C(C)(C)C)cc5)c(=O)c4c3C)n2)c1. The summed E-state index contributed by atoms with van der Waals surface area (Å²) in [5, 5.41) is 4.75. The van der Waals surface area contributed by atoms with Gasteiger partial charge in [0.2, 0.25) is 5.82 Å². The Labute approximate surface area is 201 Å². The van der Waals surface area contributed by atoms with E-state index in [2.05, 4.69) is 60.2 Å². The number of thiophene rings is 1. The molecule has 0 N–H and O–H groups in total. The molecule has 0 amide bonds. The molecule has 34 heavy (non-hydrogen) atoms. The zero-order chi connectivity index (χ0) is 24.0. The zero-order valence-electron chi connectivity index (χ0n) is 19.9. The van der Waals surface area contributed by atoms with E-state index in [1.165, 1.54) is 16.9 Å². The van der Waals surface area contributed by atoms with Crippen molar-refractivity contribution >= 4 is 21.6 Å². The Hall–Kier alpha value is -3.58. The molecule has 0 atom stereocenters. The van der Waals surface area contributed by atoms with Gasteiger partial charge in [-0.15, -0.1) is 11.3 Å². The molecule has 5 rings (SSSR count). The smallest absolute Gasteiger partial charge is 0.268 e. The van der Waals surface area contributed by atoms with Crippen LogP contribution in [0.1, 0.15) is 43.0 Å². The Morgan fingerprint density at radius 2 is 1.82 bits per heavy atom. The van der Waals surface area contributed by atoms with E-state index in [0.29, 0.717) is 28.5 Å². The first-order chi connectivity index (χ1) is 16.2. The molecule has 0 spiro atoms. The molecule has 0 bridgehead atoms. The summed E-state index contributed by atoms with van der Waals surface area (Å²) in [4.78, 5) is 24.0. The Balaban J connectivity index is 1.49. The molecule has 0 radical (unpaired) electrons. The number of rotatable bonds is 4. The molecule has 0 saturated carbocycles. The third-order valence-corrected chi connectivity index (χ3v) is 7.17. The lowest BCUT2D eigenvalue weighted by Crippen LogP contribution is -2.21. The molecular weight excluding hydrogens is 444 g/mol. The topological polar surface area (TPSA) is 73.8 Å². The van der Waals surface area contributed by atoms with Crippen LogP contribution in [0.15, 0.2) is 64.2 Å². The minimum atomic E-state index is -0.0664. The molecule has 6 nitrogen and oxygen atoms in total. The van der Waals surface area contributed by atoms with Crippen LogP contribution >= 0.6 is 11.3 Å². The van der Waals surface area contributed by atoms with Gasteiger partial charge in [0.05, 0.1) is 23.1 Å². The molecule has 7 heteroatoms. The van der Waals surface area contributed by atoms with Gasteiger partial charge in [0.25, 0.3) is 11.4 Å². The second-order valence-electron chi connectivity index (χ2n) is 9.65. The van der Waals surface area contributed by atoms with Crippen molar-refractivity contribution < 1.29 is 4.52 Å². The van der Waals surface area contributed by atoms with Crippen LogP contribution in [0.25, 0.3) is 32.4 Å². The van der Waals surface area contributed by atoms with Gasteiger partial charge in [-0.1, -0.05) is 74.0 Å². The van der Waals surface area contributed by atoms with E-state index < -0.39 is 0 Å². The minimum Gasteiger partial charge on any atom is -0.333 e. The summed E-state index contributed by atoms with van der Waals surface area (Å²) in [6.45, 7) is 11.0. The standard InChI is InChI=1S/C27H26N4O2S/c1-16-7-6-8-19(13-16)23-29-24(33-30-23)22-17(2)21-25(34-22)28-15-31(26(21)32)14-18-9-11-20(12-10-18)27(3,4)5/h6-13,15H,14H2,1-5H3. The van der Waals surface area contributed by atoms with Gasteiger partial charge in [0, 0.05) is 5.56 Å². The number of aryl methyl sites for hydroxylation is 2. The summed E-state index contributed by atoms with van der Waals surface area (Å²) < 4.78 is 7.23. The summed E-state index contributed by atoms with van der Waals surface area (Å²) in [7, 11) is 0. The van der Waals surface area contributed by atoms with E-state index >= 15 is 0 Å². The summed E-state index contributed by atoms with van der Waals surface area (Å²) in [6.07, 6.45) is 1.62. The zero-order valence-corrected chi connectivity index (χ0v) is 20.7. The van der Waals surface area contributed by atoms with Crippen molar-refractivity contribution in [2.45, 2.75) is 46.6 Å².